The number of anilines is 1. The van der Waals surface area contributed by atoms with Crippen molar-refractivity contribution in [3.8, 4) is 0 Å². The fourth-order valence-electron chi connectivity index (χ4n) is 3.21. The van der Waals surface area contributed by atoms with Crippen molar-refractivity contribution in [1.29, 1.82) is 0 Å². The maximum absolute atomic E-state index is 12.7. The molecule has 0 aliphatic carbocycles. The van der Waals surface area contributed by atoms with Gasteiger partial charge in [0.1, 0.15) is 0 Å². The summed E-state index contributed by atoms with van der Waals surface area (Å²) in [5.74, 6) is 0.119. The molecule has 3 rings (SSSR count). The topological polar surface area (TPSA) is 32.7 Å². The van der Waals surface area contributed by atoms with Gasteiger partial charge in [0, 0.05) is 30.9 Å². The number of hydrogen-bond donors (Lipinski definition) is 0. The lowest BCUT2D eigenvalue weighted by atomic mass is 9.85. The molecule has 0 aromatic heterocycles. The van der Waals surface area contributed by atoms with Crippen molar-refractivity contribution in [2.45, 2.75) is 32.2 Å². The zero-order valence-corrected chi connectivity index (χ0v) is 14.8. The lowest BCUT2D eigenvalue weighted by Gasteiger charge is -2.30. The summed E-state index contributed by atoms with van der Waals surface area (Å²) in [7, 11) is 4.06. The Morgan fingerprint density at radius 3 is 2.50 bits per heavy atom. The molecule has 0 unspecified atom stereocenters. The predicted octanol–water partition coefficient (Wildman–Crippen LogP) is 4.15. The van der Waals surface area contributed by atoms with Crippen molar-refractivity contribution in [3.63, 3.8) is 0 Å². The van der Waals surface area contributed by atoms with Crippen LogP contribution in [0.5, 0.6) is 0 Å². The van der Waals surface area contributed by atoms with Crippen LogP contribution >= 0.6 is 0 Å². The van der Waals surface area contributed by atoms with Gasteiger partial charge in [-0.05, 0) is 38.0 Å². The highest BCUT2D eigenvalue weighted by Gasteiger charge is 2.28. The first-order valence-electron chi connectivity index (χ1n) is 8.33. The van der Waals surface area contributed by atoms with Gasteiger partial charge in [0.15, 0.2) is 5.78 Å². The van der Waals surface area contributed by atoms with Gasteiger partial charge >= 0.3 is 0 Å². The largest absolute Gasteiger partial charge is 0.378 e. The summed E-state index contributed by atoms with van der Waals surface area (Å²) in [4.78, 5) is 19.6. The lowest BCUT2D eigenvalue weighted by molar-refractivity contribution is 0.100. The smallest absolute Gasteiger partial charge is 0.168 e. The van der Waals surface area contributed by atoms with Gasteiger partial charge in [-0.2, -0.15) is 0 Å². The standard InChI is InChI=1S/C21H24N2O/c1-21(2)14-16-10-11-17(23(3)4)12-18(16)19(22-21)13-20(24)15-8-6-5-7-9-15/h5-12H,13-14H2,1-4H3. The molecule has 24 heavy (non-hydrogen) atoms. The number of ketones is 1. The summed E-state index contributed by atoms with van der Waals surface area (Å²) in [5.41, 5.74) is 5.00. The second-order valence-electron chi connectivity index (χ2n) is 7.25. The first-order valence-corrected chi connectivity index (χ1v) is 8.33. The summed E-state index contributed by atoms with van der Waals surface area (Å²) in [6.07, 6.45) is 1.25. The van der Waals surface area contributed by atoms with E-state index in [4.69, 9.17) is 4.99 Å². The van der Waals surface area contributed by atoms with Crippen molar-refractivity contribution >= 4 is 17.2 Å². The highest BCUT2D eigenvalue weighted by atomic mass is 16.1. The molecule has 3 nitrogen and oxygen atoms in total. The minimum absolute atomic E-state index is 0.119. The first kappa shape index (κ1) is 16.4. The molecule has 0 saturated carbocycles. The van der Waals surface area contributed by atoms with Gasteiger partial charge in [-0.25, -0.2) is 0 Å². The molecule has 124 valence electrons. The van der Waals surface area contributed by atoms with E-state index < -0.39 is 0 Å². The molecule has 0 radical (unpaired) electrons. The average Bonchev–Trinajstić information content (AvgIpc) is 2.54. The third kappa shape index (κ3) is 3.40. The maximum Gasteiger partial charge on any atom is 0.168 e. The fraction of sp³-hybridized carbons (Fsp3) is 0.333. The van der Waals surface area contributed by atoms with Crippen molar-refractivity contribution in [3.05, 3.63) is 65.2 Å². The minimum atomic E-state index is -0.168. The number of rotatable bonds is 4. The Morgan fingerprint density at radius 1 is 1.12 bits per heavy atom. The number of carbonyl (C=O) groups is 1. The molecule has 1 heterocycles. The molecule has 0 saturated heterocycles. The monoisotopic (exact) mass is 320 g/mol. The van der Waals surface area contributed by atoms with Gasteiger partial charge in [0.2, 0.25) is 0 Å². The number of Topliss-reactive ketones (excluding diaryl/α,β-unsaturated/α-hetero) is 1. The van der Waals surface area contributed by atoms with E-state index >= 15 is 0 Å². The Hall–Kier alpha value is -2.42. The number of hydrogen-bond acceptors (Lipinski definition) is 3. The Kier molecular flexibility index (Phi) is 4.27. The van der Waals surface area contributed by atoms with Gasteiger partial charge < -0.3 is 4.90 Å². The molecule has 0 spiro atoms. The van der Waals surface area contributed by atoms with Crippen molar-refractivity contribution in [2.75, 3.05) is 19.0 Å². The molecular weight excluding hydrogens is 296 g/mol. The summed E-state index contributed by atoms with van der Waals surface area (Å²) in [6, 6.07) is 15.9. The second-order valence-corrected chi connectivity index (χ2v) is 7.25. The summed E-state index contributed by atoms with van der Waals surface area (Å²) < 4.78 is 0. The van der Waals surface area contributed by atoms with E-state index in [1.165, 1.54) is 5.56 Å². The number of carbonyl (C=O) groups excluding carboxylic acids is 1. The van der Waals surface area contributed by atoms with E-state index in [1.807, 2.05) is 44.4 Å². The molecule has 0 amide bonds. The zero-order valence-electron chi connectivity index (χ0n) is 14.8. The Morgan fingerprint density at radius 2 is 1.83 bits per heavy atom. The third-order valence-electron chi connectivity index (χ3n) is 4.41. The Balaban J connectivity index is 1.98. The third-order valence-corrected chi connectivity index (χ3v) is 4.41. The second kappa shape index (κ2) is 6.23. The highest BCUT2D eigenvalue weighted by molar-refractivity contribution is 6.17. The number of benzene rings is 2. The maximum atomic E-state index is 12.7. The van der Waals surface area contributed by atoms with Crippen LogP contribution in [0.4, 0.5) is 5.69 Å². The SMILES string of the molecule is CN(C)c1ccc2c(c1)C(CC(=O)c1ccccc1)=NC(C)(C)C2. The summed E-state index contributed by atoms with van der Waals surface area (Å²) in [6.45, 7) is 4.26. The molecule has 0 bridgehead atoms. The van der Waals surface area contributed by atoms with Crippen LogP contribution in [-0.4, -0.2) is 31.1 Å². The summed E-state index contributed by atoms with van der Waals surface area (Å²) >= 11 is 0. The van der Waals surface area contributed by atoms with Gasteiger partial charge in [-0.15, -0.1) is 0 Å². The first-order chi connectivity index (χ1) is 11.4. The van der Waals surface area contributed by atoms with Crippen LogP contribution in [0.15, 0.2) is 53.5 Å². The van der Waals surface area contributed by atoms with Crippen LogP contribution in [0.1, 0.15) is 41.8 Å². The van der Waals surface area contributed by atoms with Gasteiger partial charge in [-0.1, -0.05) is 36.4 Å². The molecule has 1 aliphatic rings. The number of aliphatic imine (C=N–C) groups is 1. The van der Waals surface area contributed by atoms with Gasteiger partial charge in [0.05, 0.1) is 17.7 Å². The predicted molar refractivity (Wildman–Crippen MR) is 100 cm³/mol. The van der Waals surface area contributed by atoms with Crippen LogP contribution in [-0.2, 0) is 6.42 Å². The molecule has 1 aliphatic heterocycles. The van der Waals surface area contributed by atoms with Gasteiger partial charge in [-0.3, -0.25) is 9.79 Å². The van der Waals surface area contributed by atoms with E-state index in [2.05, 4.69) is 36.9 Å². The average molecular weight is 320 g/mol. The molecular formula is C21H24N2O. The minimum Gasteiger partial charge on any atom is -0.378 e. The summed E-state index contributed by atoms with van der Waals surface area (Å²) in [5, 5.41) is 0. The molecule has 2 aromatic carbocycles. The van der Waals surface area contributed by atoms with Crippen molar-refractivity contribution < 1.29 is 4.79 Å². The molecule has 0 atom stereocenters. The van der Waals surface area contributed by atoms with E-state index in [9.17, 15) is 4.79 Å². The van der Waals surface area contributed by atoms with E-state index in [0.29, 0.717) is 6.42 Å². The number of fused-ring (bicyclic) bond motifs is 1. The van der Waals surface area contributed by atoms with Crippen LogP contribution in [0, 0.1) is 0 Å². The number of nitrogens with zero attached hydrogens (tertiary/aromatic N) is 2. The van der Waals surface area contributed by atoms with Crippen LogP contribution < -0.4 is 4.90 Å². The normalized spacial score (nSPS) is 15.4. The lowest BCUT2D eigenvalue weighted by Crippen LogP contribution is -2.30. The van der Waals surface area contributed by atoms with Crippen LogP contribution in [0.2, 0.25) is 0 Å². The van der Waals surface area contributed by atoms with Crippen LogP contribution in [0.3, 0.4) is 0 Å². The fourth-order valence-corrected chi connectivity index (χ4v) is 3.21. The van der Waals surface area contributed by atoms with Crippen molar-refractivity contribution in [2.24, 2.45) is 4.99 Å². The van der Waals surface area contributed by atoms with Crippen LogP contribution in [0.25, 0.3) is 0 Å². The molecule has 3 heteroatoms. The van der Waals surface area contributed by atoms with Gasteiger partial charge in [0.25, 0.3) is 0 Å². The molecule has 0 fully saturated rings. The van der Waals surface area contributed by atoms with E-state index in [0.717, 1.165) is 28.9 Å². The highest BCUT2D eigenvalue weighted by Crippen LogP contribution is 2.31. The molecule has 2 aromatic rings. The molecule has 0 N–H and O–H groups in total. The van der Waals surface area contributed by atoms with E-state index in [1.54, 1.807) is 0 Å². The van der Waals surface area contributed by atoms with Crippen molar-refractivity contribution in [1.82, 2.24) is 0 Å². The van der Waals surface area contributed by atoms with E-state index in [-0.39, 0.29) is 11.3 Å². The quantitative estimate of drug-likeness (QED) is 0.793. The Labute approximate surface area is 144 Å². The zero-order chi connectivity index (χ0) is 17.3. The Bertz CT molecular complexity index is 789.